The molecule has 4 aromatic carbocycles. The highest BCUT2D eigenvalue weighted by Gasteiger charge is 2.17. The zero-order valence-electron chi connectivity index (χ0n) is 20.3. The first kappa shape index (κ1) is 26.2. The predicted octanol–water partition coefficient (Wildman–Crippen LogP) is 2.91. The highest BCUT2D eigenvalue weighted by atomic mass is 35.7. The maximum atomic E-state index is 8.49. The number of nitrogens with zero attached hydrogens (tertiary/aromatic N) is 1. The fraction of sp³-hybridized carbons (Fsp3) is 0.0645. The first-order chi connectivity index (χ1) is 17.8. The Morgan fingerprint density at radius 3 is 1.27 bits per heavy atom. The van der Waals surface area contributed by atoms with Crippen LogP contribution >= 0.6 is 0 Å². The third-order valence-electron chi connectivity index (χ3n) is 5.96. The molecule has 0 saturated heterocycles. The van der Waals surface area contributed by atoms with Crippen LogP contribution in [0.3, 0.4) is 0 Å². The van der Waals surface area contributed by atoms with Gasteiger partial charge in [-0.2, -0.15) is 0 Å². The predicted molar refractivity (Wildman–Crippen MR) is 134 cm³/mol. The number of benzene rings is 4. The lowest BCUT2D eigenvalue weighted by Gasteiger charge is -2.18. The van der Waals surface area contributed by atoms with Crippen molar-refractivity contribution in [1.29, 1.82) is 0 Å². The Morgan fingerprint density at radius 1 is 0.514 bits per heavy atom. The van der Waals surface area contributed by atoms with Gasteiger partial charge in [0.1, 0.15) is 6.54 Å². The Balaban J connectivity index is 0.000000586. The highest BCUT2D eigenvalue weighted by Crippen LogP contribution is 2.42. The minimum atomic E-state index is -4.94. The smallest absolute Gasteiger partial charge is 0.169 e. The Bertz CT molecular complexity index is 1350. The second kappa shape index (κ2) is 11.9. The molecular formula is C31H26ClNO4. The molecule has 5 aromatic rings. The van der Waals surface area contributed by atoms with Crippen LogP contribution in [0.5, 0.6) is 0 Å². The maximum absolute atomic E-state index is 8.49. The summed E-state index contributed by atoms with van der Waals surface area (Å²) in [6.45, 7) is 3.13. The minimum absolute atomic E-state index is 0.963. The molecule has 0 N–H and O–H groups in total. The van der Waals surface area contributed by atoms with E-state index in [1.165, 1.54) is 44.5 Å². The Morgan fingerprint density at radius 2 is 0.892 bits per heavy atom. The largest absolute Gasteiger partial charge is 0.222 e. The van der Waals surface area contributed by atoms with E-state index >= 15 is 0 Å². The van der Waals surface area contributed by atoms with E-state index in [-0.39, 0.29) is 0 Å². The third kappa shape index (κ3) is 7.11. The Hall–Kier alpha value is -3.84. The summed E-state index contributed by atoms with van der Waals surface area (Å²) in [6, 6.07) is 41.3. The molecule has 37 heavy (non-hydrogen) atoms. The summed E-state index contributed by atoms with van der Waals surface area (Å²) in [5.74, 6) is 0. The summed E-state index contributed by atoms with van der Waals surface area (Å²) in [5, 5.41) is 0. The number of rotatable bonds is 5. The van der Waals surface area contributed by atoms with Crippen molar-refractivity contribution in [2.75, 3.05) is 0 Å². The van der Waals surface area contributed by atoms with Crippen LogP contribution in [0.4, 0.5) is 0 Å². The van der Waals surface area contributed by atoms with Crippen molar-refractivity contribution in [3.05, 3.63) is 128 Å². The van der Waals surface area contributed by atoms with E-state index in [4.69, 9.17) is 18.6 Å². The lowest BCUT2D eigenvalue weighted by molar-refractivity contribution is -2.00. The molecule has 5 rings (SSSR count). The van der Waals surface area contributed by atoms with Gasteiger partial charge in [-0.25, -0.2) is 23.2 Å². The van der Waals surface area contributed by atoms with Crippen LogP contribution in [0.2, 0.25) is 0 Å². The zero-order chi connectivity index (χ0) is 26.3. The fourth-order valence-electron chi connectivity index (χ4n) is 4.28. The molecule has 0 atom stereocenters. The standard InChI is InChI=1S/C31H26N.ClHO4/c1-2-32-20-18-27(19-21-32)31-29(25-14-8-4-9-15-25)22-28(24-12-6-3-7-13-24)23-30(31)26-16-10-5-11-17-26;2-1(3,4)5/h3-23H,2H2,1H3;(H,2,3,4,5)/q+1;/p-1. The van der Waals surface area contributed by atoms with Crippen molar-refractivity contribution >= 4 is 0 Å². The molecule has 0 amide bonds. The number of aryl methyl sites for hydroxylation is 1. The molecule has 0 unspecified atom stereocenters. The van der Waals surface area contributed by atoms with Crippen LogP contribution in [0.25, 0.3) is 44.5 Å². The van der Waals surface area contributed by atoms with Crippen molar-refractivity contribution in [1.82, 2.24) is 0 Å². The average Bonchev–Trinajstić information content (AvgIpc) is 2.93. The van der Waals surface area contributed by atoms with Crippen LogP contribution < -0.4 is 23.2 Å². The normalized spacial score (nSPS) is 10.9. The first-order valence-corrected chi connectivity index (χ1v) is 13.0. The van der Waals surface area contributed by atoms with Gasteiger partial charge in [0, 0.05) is 12.1 Å². The summed E-state index contributed by atoms with van der Waals surface area (Å²) in [7, 11) is -4.94. The molecule has 6 heteroatoms. The van der Waals surface area contributed by atoms with E-state index in [2.05, 4.69) is 139 Å². The third-order valence-corrected chi connectivity index (χ3v) is 5.96. The monoisotopic (exact) mass is 511 g/mol. The van der Waals surface area contributed by atoms with Gasteiger partial charge in [0.15, 0.2) is 12.4 Å². The van der Waals surface area contributed by atoms with E-state index in [0.717, 1.165) is 6.54 Å². The van der Waals surface area contributed by atoms with Gasteiger partial charge >= 0.3 is 0 Å². The summed E-state index contributed by atoms with van der Waals surface area (Å²) in [6.07, 6.45) is 4.34. The van der Waals surface area contributed by atoms with Gasteiger partial charge in [0.2, 0.25) is 0 Å². The van der Waals surface area contributed by atoms with E-state index in [1.54, 1.807) is 0 Å². The average molecular weight is 512 g/mol. The van der Waals surface area contributed by atoms with Crippen molar-refractivity contribution < 1.29 is 33.4 Å². The fourth-order valence-corrected chi connectivity index (χ4v) is 4.28. The molecule has 0 fully saturated rings. The first-order valence-electron chi connectivity index (χ1n) is 11.8. The quantitative estimate of drug-likeness (QED) is 0.339. The lowest BCUT2D eigenvalue weighted by atomic mass is 9.85. The second-order valence-electron chi connectivity index (χ2n) is 8.34. The van der Waals surface area contributed by atoms with Gasteiger partial charge in [-0.3, -0.25) is 0 Å². The zero-order valence-corrected chi connectivity index (χ0v) is 21.0. The Labute approximate surface area is 218 Å². The van der Waals surface area contributed by atoms with Gasteiger partial charge in [-0.05, 0) is 63.6 Å². The number of halogens is 1. The molecule has 0 radical (unpaired) electrons. The molecule has 0 aliphatic rings. The molecule has 0 saturated carbocycles. The van der Waals surface area contributed by atoms with Crippen LogP contribution in [0, 0.1) is 10.2 Å². The summed E-state index contributed by atoms with van der Waals surface area (Å²) in [5.41, 5.74) is 9.91. The van der Waals surface area contributed by atoms with E-state index < -0.39 is 10.2 Å². The van der Waals surface area contributed by atoms with Gasteiger partial charge in [-0.15, -0.1) is 10.2 Å². The van der Waals surface area contributed by atoms with Crippen molar-refractivity contribution in [2.45, 2.75) is 13.5 Å². The molecule has 0 aliphatic heterocycles. The number of hydrogen-bond donors (Lipinski definition) is 0. The topological polar surface area (TPSA) is 96.1 Å². The van der Waals surface area contributed by atoms with Crippen molar-refractivity contribution in [2.24, 2.45) is 0 Å². The molecule has 1 heterocycles. The molecule has 186 valence electrons. The van der Waals surface area contributed by atoms with E-state index in [1.807, 2.05) is 0 Å². The molecule has 0 aliphatic carbocycles. The van der Waals surface area contributed by atoms with Crippen LogP contribution in [0.1, 0.15) is 6.92 Å². The lowest BCUT2D eigenvalue weighted by Crippen LogP contribution is -2.68. The van der Waals surface area contributed by atoms with Gasteiger partial charge < -0.3 is 0 Å². The molecule has 0 bridgehead atoms. The van der Waals surface area contributed by atoms with E-state index in [0.29, 0.717) is 0 Å². The molecule has 1 aromatic heterocycles. The van der Waals surface area contributed by atoms with Crippen molar-refractivity contribution in [3.8, 4) is 44.5 Å². The van der Waals surface area contributed by atoms with E-state index in [9.17, 15) is 0 Å². The Kier molecular flexibility index (Phi) is 8.46. The summed E-state index contributed by atoms with van der Waals surface area (Å²) in [4.78, 5) is 0. The minimum Gasteiger partial charge on any atom is -0.222 e. The van der Waals surface area contributed by atoms with Crippen LogP contribution in [-0.4, -0.2) is 0 Å². The second-order valence-corrected chi connectivity index (χ2v) is 9.10. The number of aromatic nitrogens is 1. The molecular weight excluding hydrogens is 486 g/mol. The summed E-state index contributed by atoms with van der Waals surface area (Å²) >= 11 is 0. The summed E-state index contributed by atoms with van der Waals surface area (Å²) < 4.78 is 36.2. The number of hydrogen-bond acceptors (Lipinski definition) is 4. The maximum Gasteiger partial charge on any atom is 0.169 e. The molecule has 0 spiro atoms. The van der Waals surface area contributed by atoms with Gasteiger partial charge in [-0.1, -0.05) is 91.0 Å². The number of pyridine rings is 1. The van der Waals surface area contributed by atoms with Crippen LogP contribution in [0.15, 0.2) is 128 Å². The van der Waals surface area contributed by atoms with Gasteiger partial charge in [0.05, 0.1) is 0 Å². The SMILES string of the molecule is CC[n+]1ccc(-c2c(-c3ccccc3)cc(-c3ccccc3)cc2-c2ccccc2)cc1.[O-][Cl+3]([O-])([O-])[O-]. The highest BCUT2D eigenvalue weighted by molar-refractivity contribution is 5.97. The van der Waals surface area contributed by atoms with Crippen LogP contribution in [-0.2, 0) is 6.54 Å². The van der Waals surface area contributed by atoms with Crippen molar-refractivity contribution in [3.63, 3.8) is 0 Å². The van der Waals surface area contributed by atoms with Gasteiger partial charge in [0.25, 0.3) is 0 Å². The molecule has 5 nitrogen and oxygen atoms in total.